The second kappa shape index (κ2) is 8.44. The molecular weight excluding hydrogens is 286 g/mol. The van der Waals surface area contributed by atoms with Crippen molar-refractivity contribution >= 4 is 23.5 Å². The molecule has 0 saturated heterocycles. The van der Waals surface area contributed by atoms with E-state index >= 15 is 0 Å². The third-order valence-corrected chi connectivity index (χ3v) is 2.53. The molecule has 0 fully saturated rings. The summed E-state index contributed by atoms with van der Waals surface area (Å²) in [5.41, 5.74) is 0.106. The maximum atomic E-state index is 12.2. The van der Waals surface area contributed by atoms with E-state index in [0.29, 0.717) is 6.61 Å². The van der Waals surface area contributed by atoms with E-state index in [1.807, 2.05) is 0 Å². The fraction of sp³-hybridized carbons (Fsp3) is 0.500. The van der Waals surface area contributed by atoms with E-state index in [1.54, 1.807) is 6.92 Å². The molecule has 110 valence electrons. The van der Waals surface area contributed by atoms with Crippen molar-refractivity contribution in [2.24, 2.45) is 0 Å². The maximum absolute atomic E-state index is 12.2. The van der Waals surface area contributed by atoms with Gasteiger partial charge in [0.05, 0.1) is 13.2 Å². The molecule has 0 aromatic carbocycles. The summed E-state index contributed by atoms with van der Waals surface area (Å²) in [6.45, 7) is 2.33. The van der Waals surface area contributed by atoms with Crippen LogP contribution >= 0.6 is 11.6 Å². The van der Waals surface area contributed by atoms with E-state index in [4.69, 9.17) is 21.1 Å². The van der Waals surface area contributed by atoms with Crippen LogP contribution in [0.2, 0.25) is 5.15 Å². The largest absolute Gasteiger partial charge is 0.465 e. The molecule has 1 heterocycles. The Labute approximate surface area is 121 Å². The van der Waals surface area contributed by atoms with Gasteiger partial charge in [-0.3, -0.25) is 9.59 Å². The van der Waals surface area contributed by atoms with Crippen molar-refractivity contribution in [2.75, 3.05) is 33.4 Å². The number of carbonyl (C=O) groups excluding carboxylic acids is 2. The Morgan fingerprint density at radius 2 is 2.10 bits per heavy atom. The molecule has 0 radical (unpaired) electrons. The molecule has 1 rings (SSSR count). The monoisotopic (exact) mass is 301 g/mol. The first-order valence-electron chi connectivity index (χ1n) is 6.01. The number of methoxy groups -OCH3 is 1. The van der Waals surface area contributed by atoms with Crippen LogP contribution in [0.25, 0.3) is 0 Å². The molecule has 0 aliphatic heterocycles. The summed E-state index contributed by atoms with van der Waals surface area (Å²) in [7, 11) is 1.51. The van der Waals surface area contributed by atoms with Crippen LogP contribution in [0.4, 0.5) is 0 Å². The van der Waals surface area contributed by atoms with Crippen LogP contribution in [0.1, 0.15) is 17.4 Å². The average Bonchev–Trinajstić information content (AvgIpc) is 2.44. The van der Waals surface area contributed by atoms with Crippen molar-refractivity contribution < 1.29 is 19.1 Å². The van der Waals surface area contributed by atoms with Gasteiger partial charge in [-0.05, 0) is 19.1 Å². The minimum absolute atomic E-state index is 0.106. The van der Waals surface area contributed by atoms with Crippen LogP contribution in [0, 0.1) is 0 Å². The molecule has 0 spiro atoms. The maximum Gasteiger partial charge on any atom is 0.325 e. The van der Waals surface area contributed by atoms with Crippen molar-refractivity contribution in [3.05, 3.63) is 23.0 Å². The number of nitrogens with zero attached hydrogens (tertiary/aromatic N) is 3. The van der Waals surface area contributed by atoms with Gasteiger partial charge in [-0.25, -0.2) is 0 Å². The molecule has 0 atom stereocenters. The molecule has 0 aliphatic carbocycles. The Bertz CT molecular complexity index is 453. The van der Waals surface area contributed by atoms with Gasteiger partial charge in [0.2, 0.25) is 0 Å². The molecular formula is C12H16ClN3O4. The lowest BCUT2D eigenvalue weighted by molar-refractivity contribution is -0.143. The molecule has 8 heteroatoms. The van der Waals surface area contributed by atoms with Crippen molar-refractivity contribution in [3.63, 3.8) is 0 Å². The van der Waals surface area contributed by atoms with Gasteiger partial charge in [-0.15, -0.1) is 10.2 Å². The zero-order valence-electron chi connectivity index (χ0n) is 11.3. The standard InChI is InChI=1S/C12H16ClN3O4/c1-3-20-11(17)8-16(6-7-19-2)12(18)9-4-5-10(13)15-14-9/h4-5H,3,6-8H2,1-2H3. The van der Waals surface area contributed by atoms with Gasteiger partial charge in [-0.1, -0.05) is 11.6 Å². The number of esters is 1. The summed E-state index contributed by atoms with van der Waals surface area (Å²) in [5, 5.41) is 7.48. The number of halogens is 1. The van der Waals surface area contributed by atoms with Crippen LogP contribution in [0.3, 0.4) is 0 Å². The normalized spacial score (nSPS) is 10.2. The molecule has 1 aromatic heterocycles. The van der Waals surface area contributed by atoms with Crippen LogP contribution < -0.4 is 0 Å². The molecule has 0 bridgehead atoms. The molecule has 0 unspecified atom stereocenters. The van der Waals surface area contributed by atoms with Crippen molar-refractivity contribution in [2.45, 2.75) is 6.92 Å². The number of carbonyl (C=O) groups is 2. The lowest BCUT2D eigenvalue weighted by atomic mass is 10.3. The molecule has 20 heavy (non-hydrogen) atoms. The predicted octanol–water partition coefficient (Wildman–Crippen LogP) is 0.782. The van der Waals surface area contributed by atoms with E-state index in [0.717, 1.165) is 0 Å². The van der Waals surface area contributed by atoms with E-state index in [1.165, 1.54) is 24.1 Å². The summed E-state index contributed by atoms with van der Waals surface area (Å²) in [5.74, 6) is -0.918. The van der Waals surface area contributed by atoms with Gasteiger partial charge in [0.1, 0.15) is 6.54 Å². The van der Waals surface area contributed by atoms with E-state index in [2.05, 4.69) is 10.2 Å². The fourth-order valence-electron chi connectivity index (χ4n) is 1.41. The zero-order chi connectivity index (χ0) is 15.0. The predicted molar refractivity (Wildman–Crippen MR) is 71.5 cm³/mol. The van der Waals surface area contributed by atoms with Gasteiger partial charge >= 0.3 is 5.97 Å². The third kappa shape index (κ3) is 5.10. The number of rotatable bonds is 7. The van der Waals surface area contributed by atoms with Gasteiger partial charge in [0.15, 0.2) is 10.8 Å². The lowest BCUT2D eigenvalue weighted by Crippen LogP contribution is -2.39. The molecule has 0 aliphatic rings. The average molecular weight is 302 g/mol. The van der Waals surface area contributed by atoms with Gasteiger partial charge < -0.3 is 14.4 Å². The van der Waals surface area contributed by atoms with Crippen molar-refractivity contribution in [3.8, 4) is 0 Å². The molecule has 1 amide bonds. The Balaban J connectivity index is 2.77. The van der Waals surface area contributed by atoms with Crippen LogP contribution in [0.5, 0.6) is 0 Å². The van der Waals surface area contributed by atoms with Crippen LogP contribution in [-0.2, 0) is 14.3 Å². The zero-order valence-corrected chi connectivity index (χ0v) is 12.1. The van der Waals surface area contributed by atoms with Gasteiger partial charge in [0, 0.05) is 13.7 Å². The number of amides is 1. The van der Waals surface area contributed by atoms with Crippen LogP contribution in [0.15, 0.2) is 12.1 Å². The number of hydrogen-bond acceptors (Lipinski definition) is 6. The smallest absolute Gasteiger partial charge is 0.325 e. The highest BCUT2D eigenvalue weighted by Gasteiger charge is 2.20. The Morgan fingerprint density at radius 3 is 2.65 bits per heavy atom. The topological polar surface area (TPSA) is 81.6 Å². The highest BCUT2D eigenvalue weighted by molar-refractivity contribution is 6.29. The van der Waals surface area contributed by atoms with E-state index in [-0.39, 0.29) is 30.5 Å². The second-order valence-electron chi connectivity index (χ2n) is 3.77. The molecule has 7 nitrogen and oxygen atoms in total. The summed E-state index contributed by atoms with van der Waals surface area (Å²) in [6.07, 6.45) is 0. The van der Waals surface area contributed by atoms with Crippen molar-refractivity contribution in [1.29, 1.82) is 0 Å². The Hall–Kier alpha value is -1.73. The lowest BCUT2D eigenvalue weighted by Gasteiger charge is -2.20. The highest BCUT2D eigenvalue weighted by atomic mass is 35.5. The highest BCUT2D eigenvalue weighted by Crippen LogP contribution is 2.06. The second-order valence-corrected chi connectivity index (χ2v) is 4.15. The number of aromatic nitrogens is 2. The van der Waals surface area contributed by atoms with E-state index in [9.17, 15) is 9.59 Å². The number of hydrogen-bond donors (Lipinski definition) is 0. The third-order valence-electron chi connectivity index (χ3n) is 2.33. The van der Waals surface area contributed by atoms with Gasteiger partial charge in [-0.2, -0.15) is 0 Å². The summed E-state index contributed by atoms with van der Waals surface area (Å²) >= 11 is 5.61. The first-order chi connectivity index (χ1) is 9.58. The Kier molecular flexibility index (Phi) is 6.89. The van der Waals surface area contributed by atoms with Crippen LogP contribution in [-0.4, -0.2) is 60.4 Å². The minimum atomic E-state index is -0.487. The molecule has 0 saturated carbocycles. The Morgan fingerprint density at radius 1 is 1.35 bits per heavy atom. The van der Waals surface area contributed by atoms with Gasteiger partial charge in [0.25, 0.3) is 5.91 Å². The molecule has 0 N–H and O–H groups in total. The number of ether oxygens (including phenoxy) is 2. The summed E-state index contributed by atoms with van der Waals surface area (Å²) in [6, 6.07) is 2.91. The van der Waals surface area contributed by atoms with Crippen molar-refractivity contribution in [1.82, 2.24) is 15.1 Å². The quantitative estimate of drug-likeness (QED) is 0.692. The fourth-order valence-corrected chi connectivity index (χ4v) is 1.51. The minimum Gasteiger partial charge on any atom is -0.465 e. The van der Waals surface area contributed by atoms with E-state index < -0.39 is 11.9 Å². The first-order valence-corrected chi connectivity index (χ1v) is 6.39. The summed E-state index contributed by atoms with van der Waals surface area (Å²) < 4.78 is 9.74. The SMILES string of the molecule is CCOC(=O)CN(CCOC)C(=O)c1ccc(Cl)nn1. The molecule has 1 aromatic rings. The first kappa shape index (κ1) is 16.3. The summed E-state index contributed by atoms with van der Waals surface area (Å²) in [4.78, 5) is 25.0.